The summed E-state index contributed by atoms with van der Waals surface area (Å²) in [5, 5.41) is 14.6. The molecule has 1 fully saturated rings. The number of nitrogens with one attached hydrogen (secondary N) is 1. The van der Waals surface area contributed by atoms with E-state index in [0.29, 0.717) is 30.3 Å². The van der Waals surface area contributed by atoms with Crippen LogP contribution in [0.25, 0.3) is 10.8 Å². The highest BCUT2D eigenvalue weighted by atomic mass is 16.1. The lowest BCUT2D eigenvalue weighted by Crippen LogP contribution is -2.29. The third-order valence-electron chi connectivity index (χ3n) is 5.26. The Morgan fingerprint density at radius 1 is 1.04 bits per heavy atom. The van der Waals surface area contributed by atoms with Crippen LogP contribution in [-0.4, -0.2) is 23.4 Å². The summed E-state index contributed by atoms with van der Waals surface area (Å²) in [6, 6.07) is 24.7. The number of nitrogens with zero attached hydrogens (tertiary/aromatic N) is 2. The number of anilines is 1. The molecule has 0 aliphatic heterocycles. The van der Waals surface area contributed by atoms with Crippen LogP contribution in [0.1, 0.15) is 30.4 Å². The summed E-state index contributed by atoms with van der Waals surface area (Å²) in [6.45, 7) is 1.57. The molecule has 1 aliphatic carbocycles. The van der Waals surface area contributed by atoms with Gasteiger partial charge in [0.05, 0.1) is 11.3 Å². The third-order valence-corrected chi connectivity index (χ3v) is 5.26. The Hall–Kier alpha value is -3.16. The molecule has 0 atom stereocenters. The van der Waals surface area contributed by atoms with E-state index in [1.54, 1.807) is 18.2 Å². The number of carbonyl (C=O) groups is 1. The van der Waals surface area contributed by atoms with E-state index in [-0.39, 0.29) is 5.91 Å². The van der Waals surface area contributed by atoms with Crippen molar-refractivity contribution in [2.45, 2.75) is 31.8 Å². The van der Waals surface area contributed by atoms with E-state index in [1.807, 2.05) is 6.07 Å². The maximum absolute atomic E-state index is 12.4. The number of rotatable bonds is 7. The Morgan fingerprint density at radius 2 is 1.79 bits per heavy atom. The zero-order valence-electron chi connectivity index (χ0n) is 15.8. The largest absolute Gasteiger partial charge is 0.325 e. The molecule has 0 unspecified atom stereocenters. The molecule has 1 amide bonds. The Kier molecular flexibility index (Phi) is 5.36. The number of carbonyl (C=O) groups excluding carboxylic acids is 1. The van der Waals surface area contributed by atoms with Gasteiger partial charge in [0.2, 0.25) is 5.91 Å². The van der Waals surface area contributed by atoms with Gasteiger partial charge in [-0.15, -0.1) is 0 Å². The summed E-state index contributed by atoms with van der Waals surface area (Å²) < 4.78 is 0. The van der Waals surface area contributed by atoms with E-state index in [2.05, 4.69) is 58.8 Å². The second-order valence-electron chi connectivity index (χ2n) is 7.30. The van der Waals surface area contributed by atoms with E-state index >= 15 is 0 Å². The Labute approximate surface area is 165 Å². The molecule has 1 aliphatic rings. The molecule has 140 valence electrons. The average Bonchev–Trinajstić information content (AvgIpc) is 3.57. The summed E-state index contributed by atoms with van der Waals surface area (Å²) >= 11 is 0. The lowest BCUT2D eigenvalue weighted by molar-refractivity contribution is -0.116. The van der Waals surface area contributed by atoms with Crippen molar-refractivity contribution < 1.29 is 4.79 Å². The molecule has 0 bridgehead atoms. The SMILES string of the molecule is N#Cc1ccccc1NC(=O)CCN(Cc1cccc2ccccc12)C1CC1. The van der Waals surface area contributed by atoms with Gasteiger partial charge < -0.3 is 5.32 Å². The lowest BCUT2D eigenvalue weighted by Gasteiger charge is -2.22. The number of para-hydroxylation sites is 1. The maximum atomic E-state index is 12.4. The zero-order valence-corrected chi connectivity index (χ0v) is 15.8. The molecule has 0 radical (unpaired) electrons. The topological polar surface area (TPSA) is 56.1 Å². The van der Waals surface area contributed by atoms with E-state index in [4.69, 9.17) is 0 Å². The predicted molar refractivity (Wildman–Crippen MR) is 112 cm³/mol. The van der Waals surface area contributed by atoms with Gasteiger partial charge in [0.1, 0.15) is 6.07 Å². The summed E-state index contributed by atoms with van der Waals surface area (Å²) in [6.07, 6.45) is 2.81. The summed E-state index contributed by atoms with van der Waals surface area (Å²) in [5.74, 6) is -0.0498. The zero-order chi connectivity index (χ0) is 19.3. The fraction of sp³-hybridized carbons (Fsp3) is 0.250. The van der Waals surface area contributed by atoms with Gasteiger partial charge in [-0.05, 0) is 41.3 Å². The van der Waals surface area contributed by atoms with Gasteiger partial charge in [-0.25, -0.2) is 0 Å². The monoisotopic (exact) mass is 369 g/mol. The second kappa shape index (κ2) is 8.24. The smallest absolute Gasteiger partial charge is 0.225 e. The maximum Gasteiger partial charge on any atom is 0.225 e. The third kappa shape index (κ3) is 4.21. The van der Waals surface area contributed by atoms with Crippen LogP contribution in [0.3, 0.4) is 0 Å². The highest BCUT2D eigenvalue weighted by molar-refractivity contribution is 5.92. The van der Waals surface area contributed by atoms with Gasteiger partial charge in [0, 0.05) is 25.6 Å². The first-order chi connectivity index (χ1) is 13.7. The molecule has 1 N–H and O–H groups in total. The van der Waals surface area contributed by atoms with Crippen LogP contribution < -0.4 is 5.32 Å². The number of hydrogen-bond donors (Lipinski definition) is 1. The molecule has 3 aromatic carbocycles. The Balaban J connectivity index is 1.42. The van der Waals surface area contributed by atoms with Crippen LogP contribution in [0.2, 0.25) is 0 Å². The van der Waals surface area contributed by atoms with Crippen molar-refractivity contribution in [2.24, 2.45) is 0 Å². The van der Waals surface area contributed by atoms with E-state index in [1.165, 1.54) is 29.2 Å². The Bertz CT molecular complexity index is 1030. The summed E-state index contributed by atoms with van der Waals surface area (Å²) in [4.78, 5) is 14.9. The number of hydrogen-bond acceptors (Lipinski definition) is 3. The quantitative estimate of drug-likeness (QED) is 0.656. The first-order valence-corrected chi connectivity index (χ1v) is 9.74. The van der Waals surface area contributed by atoms with Gasteiger partial charge in [-0.2, -0.15) is 5.26 Å². The van der Waals surface area contributed by atoms with Crippen LogP contribution in [0, 0.1) is 11.3 Å². The van der Waals surface area contributed by atoms with Gasteiger partial charge >= 0.3 is 0 Å². The standard InChI is InChI=1S/C24H23N3O/c25-16-19-7-2-4-11-23(19)26-24(28)14-15-27(21-12-13-21)17-20-9-5-8-18-6-1-3-10-22(18)20/h1-11,21H,12-15,17H2,(H,26,28). The molecule has 4 rings (SSSR count). The molecule has 0 aromatic heterocycles. The van der Waals surface area contributed by atoms with Crippen molar-refractivity contribution in [1.29, 1.82) is 5.26 Å². The molecular formula is C24H23N3O. The second-order valence-corrected chi connectivity index (χ2v) is 7.30. The summed E-state index contributed by atoms with van der Waals surface area (Å²) in [7, 11) is 0. The first kappa shape index (κ1) is 18.2. The number of benzene rings is 3. The van der Waals surface area contributed by atoms with Gasteiger partial charge in [0.15, 0.2) is 0 Å². The molecule has 0 heterocycles. The normalized spacial score (nSPS) is 13.4. The minimum absolute atomic E-state index is 0.0498. The average molecular weight is 369 g/mol. The number of amides is 1. The van der Waals surface area contributed by atoms with Crippen molar-refractivity contribution in [2.75, 3.05) is 11.9 Å². The first-order valence-electron chi connectivity index (χ1n) is 9.74. The minimum atomic E-state index is -0.0498. The predicted octanol–water partition coefficient (Wildman–Crippen LogP) is 4.70. The van der Waals surface area contributed by atoms with E-state index < -0.39 is 0 Å². The van der Waals surface area contributed by atoms with E-state index in [9.17, 15) is 10.1 Å². The minimum Gasteiger partial charge on any atom is -0.325 e. The molecule has 3 aromatic rings. The Morgan fingerprint density at radius 3 is 2.61 bits per heavy atom. The molecule has 4 heteroatoms. The van der Waals surface area contributed by atoms with Crippen LogP contribution in [-0.2, 0) is 11.3 Å². The number of fused-ring (bicyclic) bond motifs is 1. The molecular weight excluding hydrogens is 346 g/mol. The summed E-state index contributed by atoms with van der Waals surface area (Å²) in [5.41, 5.74) is 2.38. The molecule has 0 saturated heterocycles. The van der Waals surface area contributed by atoms with E-state index in [0.717, 1.165) is 6.54 Å². The highest BCUT2D eigenvalue weighted by Crippen LogP contribution is 2.30. The van der Waals surface area contributed by atoms with Crippen molar-refractivity contribution in [3.8, 4) is 6.07 Å². The van der Waals surface area contributed by atoms with Crippen molar-refractivity contribution in [3.63, 3.8) is 0 Å². The van der Waals surface area contributed by atoms with Crippen molar-refractivity contribution in [1.82, 2.24) is 4.90 Å². The highest BCUT2D eigenvalue weighted by Gasteiger charge is 2.29. The van der Waals surface area contributed by atoms with Gasteiger partial charge in [-0.1, -0.05) is 54.6 Å². The number of nitriles is 1. The fourth-order valence-electron chi connectivity index (χ4n) is 3.63. The van der Waals surface area contributed by atoms with Crippen LogP contribution in [0.15, 0.2) is 66.7 Å². The molecule has 28 heavy (non-hydrogen) atoms. The fourth-order valence-corrected chi connectivity index (χ4v) is 3.63. The van der Waals surface area contributed by atoms with Crippen LogP contribution >= 0.6 is 0 Å². The van der Waals surface area contributed by atoms with Crippen LogP contribution in [0.4, 0.5) is 5.69 Å². The molecule has 4 nitrogen and oxygen atoms in total. The molecule has 1 saturated carbocycles. The van der Waals surface area contributed by atoms with Gasteiger partial charge in [-0.3, -0.25) is 9.69 Å². The van der Waals surface area contributed by atoms with Gasteiger partial charge in [0.25, 0.3) is 0 Å². The molecule has 0 spiro atoms. The van der Waals surface area contributed by atoms with Crippen molar-refractivity contribution >= 4 is 22.4 Å². The van der Waals surface area contributed by atoms with Crippen LogP contribution in [0.5, 0.6) is 0 Å². The lowest BCUT2D eigenvalue weighted by atomic mass is 10.0. The van der Waals surface area contributed by atoms with Crippen molar-refractivity contribution in [3.05, 3.63) is 77.9 Å².